The molecular weight excluding hydrogens is 424 g/mol. The first-order valence-electron chi connectivity index (χ1n) is 12.6. The summed E-state index contributed by atoms with van der Waals surface area (Å²) < 4.78 is 17.1. The summed E-state index contributed by atoms with van der Waals surface area (Å²) in [6.07, 6.45) is 14.2. The highest BCUT2D eigenvalue weighted by Gasteiger charge is 2.20. The molecule has 0 aliphatic heterocycles. The average molecular weight is 467 g/mol. The molecule has 2 rings (SSSR count). The quantitative estimate of drug-likeness (QED) is 0.215. The van der Waals surface area contributed by atoms with Crippen LogP contribution in [0, 0.1) is 0 Å². The molecule has 0 aliphatic rings. The van der Waals surface area contributed by atoms with Crippen LogP contribution in [0.5, 0.6) is 17.2 Å². The first-order valence-corrected chi connectivity index (χ1v) is 12.6. The van der Waals surface area contributed by atoms with E-state index in [-0.39, 0.29) is 0 Å². The van der Waals surface area contributed by atoms with Crippen LogP contribution in [-0.2, 0) is 0 Å². The Hall–Kier alpha value is -2.72. The average Bonchev–Trinajstić information content (AvgIpc) is 2.85. The molecule has 2 aromatic carbocycles. The van der Waals surface area contributed by atoms with Crippen molar-refractivity contribution >= 4 is 18.2 Å². The monoisotopic (exact) mass is 466 g/mol. The lowest BCUT2D eigenvalue weighted by molar-refractivity contribution is 0.0213. The molecule has 4 heteroatoms. The van der Waals surface area contributed by atoms with Gasteiger partial charge in [-0.25, -0.2) is 0 Å². The maximum absolute atomic E-state index is 10.4. The van der Waals surface area contributed by atoms with Crippen LogP contribution in [0.25, 0.3) is 18.2 Å². The second-order valence-electron chi connectivity index (χ2n) is 8.49. The third-order valence-electron chi connectivity index (χ3n) is 6.13. The molecular formula is C30H42O4. The third-order valence-corrected chi connectivity index (χ3v) is 6.13. The fraction of sp³-hybridized carbons (Fsp3) is 0.467. The SMILES string of the molecule is CCOc1cc(C=Cc2cccc(C=CCCCCC(O)(CC)CC)c2)c(OC)c(OCC)c1. The van der Waals surface area contributed by atoms with Crippen LogP contribution in [0.3, 0.4) is 0 Å². The van der Waals surface area contributed by atoms with Gasteiger partial charge in [-0.1, -0.05) is 62.8 Å². The summed E-state index contributed by atoms with van der Waals surface area (Å²) in [6, 6.07) is 12.3. The van der Waals surface area contributed by atoms with Crippen LogP contribution in [0.1, 0.15) is 82.9 Å². The fourth-order valence-corrected chi connectivity index (χ4v) is 3.94. The minimum Gasteiger partial charge on any atom is -0.494 e. The van der Waals surface area contributed by atoms with Crippen LogP contribution in [0.2, 0.25) is 0 Å². The maximum Gasteiger partial charge on any atom is 0.168 e. The number of allylic oxidation sites excluding steroid dienone is 1. The van der Waals surface area contributed by atoms with Gasteiger partial charge in [-0.05, 0) is 69.2 Å². The molecule has 0 heterocycles. The van der Waals surface area contributed by atoms with E-state index in [0.29, 0.717) is 24.7 Å². The summed E-state index contributed by atoms with van der Waals surface area (Å²) in [7, 11) is 1.66. The molecule has 4 nitrogen and oxygen atoms in total. The Labute approximate surface area is 206 Å². The molecule has 186 valence electrons. The van der Waals surface area contributed by atoms with E-state index in [1.165, 1.54) is 5.56 Å². The molecule has 0 aliphatic carbocycles. The number of aliphatic hydroxyl groups is 1. The van der Waals surface area contributed by atoms with Gasteiger partial charge in [-0.2, -0.15) is 0 Å². The van der Waals surface area contributed by atoms with Crippen molar-refractivity contribution in [3.8, 4) is 17.2 Å². The van der Waals surface area contributed by atoms with Gasteiger partial charge in [0.25, 0.3) is 0 Å². The lowest BCUT2D eigenvalue weighted by Gasteiger charge is -2.24. The summed E-state index contributed by atoms with van der Waals surface area (Å²) in [6.45, 7) is 9.20. The van der Waals surface area contributed by atoms with Crippen LogP contribution in [0.4, 0.5) is 0 Å². The molecule has 34 heavy (non-hydrogen) atoms. The molecule has 0 bridgehead atoms. The van der Waals surface area contributed by atoms with Crippen molar-refractivity contribution in [1.29, 1.82) is 0 Å². The first-order chi connectivity index (χ1) is 16.5. The van der Waals surface area contributed by atoms with Gasteiger partial charge in [0.1, 0.15) is 5.75 Å². The van der Waals surface area contributed by atoms with Crippen molar-refractivity contribution in [3.05, 3.63) is 59.2 Å². The van der Waals surface area contributed by atoms with Crippen molar-refractivity contribution in [2.24, 2.45) is 0 Å². The smallest absolute Gasteiger partial charge is 0.168 e. The maximum atomic E-state index is 10.4. The van der Waals surface area contributed by atoms with Crippen molar-refractivity contribution in [2.45, 2.75) is 71.8 Å². The van der Waals surface area contributed by atoms with Crippen molar-refractivity contribution in [2.75, 3.05) is 20.3 Å². The predicted octanol–water partition coefficient (Wildman–Crippen LogP) is 7.79. The summed E-state index contributed by atoms with van der Waals surface area (Å²) in [5, 5.41) is 10.4. The molecule has 0 saturated heterocycles. The summed E-state index contributed by atoms with van der Waals surface area (Å²) in [5.41, 5.74) is 2.71. The summed E-state index contributed by atoms with van der Waals surface area (Å²) >= 11 is 0. The largest absolute Gasteiger partial charge is 0.494 e. The van der Waals surface area contributed by atoms with Crippen LogP contribution < -0.4 is 14.2 Å². The zero-order chi connectivity index (χ0) is 24.8. The Kier molecular flexibility index (Phi) is 11.8. The predicted molar refractivity (Wildman–Crippen MR) is 144 cm³/mol. The highest BCUT2D eigenvalue weighted by molar-refractivity contribution is 5.76. The van der Waals surface area contributed by atoms with E-state index in [0.717, 1.165) is 55.4 Å². The Bertz CT molecular complexity index is 925. The molecule has 0 saturated carbocycles. The van der Waals surface area contributed by atoms with E-state index in [9.17, 15) is 5.11 Å². The normalized spacial score (nSPS) is 11.9. The lowest BCUT2D eigenvalue weighted by Crippen LogP contribution is -2.26. The Balaban J connectivity index is 2.06. The van der Waals surface area contributed by atoms with Gasteiger partial charge in [0.05, 0.1) is 25.9 Å². The van der Waals surface area contributed by atoms with Crippen molar-refractivity contribution in [3.63, 3.8) is 0 Å². The zero-order valence-electron chi connectivity index (χ0n) is 21.6. The number of ether oxygens (including phenoxy) is 3. The molecule has 2 aromatic rings. The van der Waals surface area contributed by atoms with E-state index >= 15 is 0 Å². The van der Waals surface area contributed by atoms with Gasteiger partial charge in [-0.3, -0.25) is 0 Å². The molecule has 0 unspecified atom stereocenters. The molecule has 0 spiro atoms. The molecule has 0 amide bonds. The number of methoxy groups -OCH3 is 1. The van der Waals surface area contributed by atoms with Crippen molar-refractivity contribution < 1.29 is 19.3 Å². The number of unbranched alkanes of at least 4 members (excludes halogenated alkanes) is 2. The minimum atomic E-state index is -0.487. The molecule has 1 N–H and O–H groups in total. The number of benzene rings is 2. The highest BCUT2D eigenvalue weighted by Crippen LogP contribution is 2.37. The molecule has 0 radical (unpaired) electrons. The Morgan fingerprint density at radius 1 is 0.853 bits per heavy atom. The van der Waals surface area contributed by atoms with E-state index in [4.69, 9.17) is 14.2 Å². The molecule has 0 aromatic heterocycles. The van der Waals surface area contributed by atoms with Gasteiger partial charge >= 0.3 is 0 Å². The van der Waals surface area contributed by atoms with Gasteiger partial charge in [0.2, 0.25) is 0 Å². The lowest BCUT2D eigenvalue weighted by atomic mass is 9.91. The van der Waals surface area contributed by atoms with Crippen LogP contribution in [0.15, 0.2) is 42.5 Å². The number of hydrogen-bond donors (Lipinski definition) is 1. The Morgan fingerprint density at radius 2 is 1.56 bits per heavy atom. The van der Waals surface area contributed by atoms with Crippen LogP contribution >= 0.6 is 0 Å². The summed E-state index contributed by atoms with van der Waals surface area (Å²) in [4.78, 5) is 0. The molecule has 0 atom stereocenters. The van der Waals surface area contributed by atoms with Crippen molar-refractivity contribution in [1.82, 2.24) is 0 Å². The summed E-state index contributed by atoms with van der Waals surface area (Å²) in [5.74, 6) is 2.15. The molecule has 0 fully saturated rings. The van der Waals surface area contributed by atoms with E-state index < -0.39 is 5.60 Å². The van der Waals surface area contributed by atoms with E-state index in [2.05, 4.69) is 56.3 Å². The van der Waals surface area contributed by atoms with Crippen LogP contribution in [-0.4, -0.2) is 31.0 Å². The Morgan fingerprint density at radius 3 is 2.21 bits per heavy atom. The zero-order valence-corrected chi connectivity index (χ0v) is 21.6. The number of hydrogen-bond acceptors (Lipinski definition) is 4. The van der Waals surface area contributed by atoms with Gasteiger partial charge in [-0.15, -0.1) is 0 Å². The standard InChI is InChI=1S/C30H42O4/c1-6-30(31,7-2)20-13-11-10-12-15-24-16-14-17-25(21-24)18-19-26-22-27(33-8-3)23-28(34-9-4)29(26)32-5/h12,14-19,21-23,31H,6-11,13,20H2,1-5H3. The highest BCUT2D eigenvalue weighted by atomic mass is 16.5. The van der Waals surface area contributed by atoms with E-state index in [1.54, 1.807) is 7.11 Å². The first kappa shape index (κ1) is 27.5. The second kappa shape index (κ2) is 14.5. The van der Waals surface area contributed by atoms with Gasteiger partial charge in [0, 0.05) is 11.6 Å². The second-order valence-corrected chi connectivity index (χ2v) is 8.49. The fourth-order valence-electron chi connectivity index (χ4n) is 3.94. The minimum absolute atomic E-state index is 0.487. The van der Waals surface area contributed by atoms with Gasteiger partial charge in [0.15, 0.2) is 11.5 Å². The number of rotatable bonds is 15. The topological polar surface area (TPSA) is 47.9 Å². The van der Waals surface area contributed by atoms with Gasteiger partial charge < -0.3 is 19.3 Å². The third kappa shape index (κ3) is 8.57. The van der Waals surface area contributed by atoms with E-state index in [1.807, 2.05) is 32.1 Å².